The third-order valence-electron chi connectivity index (χ3n) is 2.56. The van der Waals surface area contributed by atoms with Gasteiger partial charge >= 0.3 is 0 Å². The molecule has 1 saturated heterocycles. The molecule has 0 radical (unpaired) electrons. The zero-order valence-electron chi connectivity index (χ0n) is 8.03. The molecule has 0 unspecified atom stereocenters. The maximum Gasteiger partial charge on any atom is 0.0950 e. The lowest BCUT2D eigenvalue weighted by Crippen LogP contribution is -2.52. The van der Waals surface area contributed by atoms with Gasteiger partial charge in [-0.3, -0.25) is 0 Å². The van der Waals surface area contributed by atoms with Crippen molar-refractivity contribution in [3.8, 4) is 0 Å². The van der Waals surface area contributed by atoms with Crippen LogP contribution in [-0.2, 0) is 4.74 Å². The van der Waals surface area contributed by atoms with Crippen molar-refractivity contribution >= 4 is 0 Å². The average molecular weight is 173 g/mol. The Kier molecular flexibility index (Phi) is 3.09. The Morgan fingerprint density at radius 3 is 2.50 bits per heavy atom. The zero-order chi connectivity index (χ0) is 9.30. The molecule has 0 aromatic rings. The van der Waals surface area contributed by atoms with Crippen LogP contribution >= 0.6 is 0 Å². The molecule has 1 heterocycles. The van der Waals surface area contributed by atoms with E-state index in [2.05, 4.69) is 13.8 Å². The highest BCUT2D eigenvalue weighted by Gasteiger charge is 2.33. The molecule has 72 valence electrons. The number of aliphatic hydroxyl groups is 1. The van der Waals surface area contributed by atoms with Crippen molar-refractivity contribution in [2.24, 2.45) is 11.7 Å². The van der Waals surface area contributed by atoms with Crippen LogP contribution in [-0.4, -0.2) is 29.5 Å². The summed E-state index contributed by atoms with van der Waals surface area (Å²) in [6.45, 7) is 6.10. The fraction of sp³-hybridized carbons (Fsp3) is 1.00. The highest BCUT2D eigenvalue weighted by Crippen LogP contribution is 2.23. The fourth-order valence-electron chi connectivity index (χ4n) is 1.60. The van der Waals surface area contributed by atoms with Crippen LogP contribution in [0.1, 0.15) is 27.2 Å². The molecule has 0 spiro atoms. The van der Waals surface area contributed by atoms with Crippen molar-refractivity contribution in [3.63, 3.8) is 0 Å². The molecular formula is C9H19NO2. The third-order valence-corrected chi connectivity index (χ3v) is 2.56. The first-order valence-corrected chi connectivity index (χ1v) is 4.61. The third kappa shape index (κ3) is 1.97. The van der Waals surface area contributed by atoms with Gasteiger partial charge in [-0.2, -0.15) is 0 Å². The molecule has 1 aliphatic heterocycles. The first-order chi connectivity index (χ1) is 5.52. The smallest absolute Gasteiger partial charge is 0.0950 e. The molecule has 4 atom stereocenters. The quantitative estimate of drug-likeness (QED) is 0.607. The average Bonchev–Trinajstić information content (AvgIpc) is 1.99. The molecule has 12 heavy (non-hydrogen) atoms. The Labute approximate surface area is 73.9 Å². The lowest BCUT2D eigenvalue weighted by Gasteiger charge is -2.38. The Morgan fingerprint density at radius 1 is 1.50 bits per heavy atom. The molecule has 1 fully saturated rings. The molecule has 1 aliphatic rings. The van der Waals surface area contributed by atoms with Crippen molar-refractivity contribution < 1.29 is 9.84 Å². The highest BCUT2D eigenvalue weighted by atomic mass is 16.5. The summed E-state index contributed by atoms with van der Waals surface area (Å²) < 4.78 is 5.60. The number of rotatable bonds is 1. The van der Waals surface area contributed by atoms with E-state index < -0.39 is 6.10 Å². The summed E-state index contributed by atoms with van der Waals surface area (Å²) in [6.07, 6.45) is 0.350. The maximum absolute atomic E-state index is 9.50. The van der Waals surface area contributed by atoms with Crippen molar-refractivity contribution in [2.75, 3.05) is 0 Å². The highest BCUT2D eigenvalue weighted by molar-refractivity contribution is 4.86. The monoisotopic (exact) mass is 173 g/mol. The van der Waals surface area contributed by atoms with E-state index in [1.807, 2.05) is 6.92 Å². The maximum atomic E-state index is 9.50. The minimum absolute atomic E-state index is 0.124. The van der Waals surface area contributed by atoms with Gasteiger partial charge in [0.25, 0.3) is 0 Å². The number of hydrogen-bond acceptors (Lipinski definition) is 3. The van der Waals surface area contributed by atoms with E-state index in [-0.39, 0.29) is 18.2 Å². The van der Waals surface area contributed by atoms with Gasteiger partial charge in [-0.15, -0.1) is 0 Å². The van der Waals surface area contributed by atoms with Gasteiger partial charge in [0, 0.05) is 6.04 Å². The summed E-state index contributed by atoms with van der Waals surface area (Å²) in [4.78, 5) is 0. The van der Waals surface area contributed by atoms with Gasteiger partial charge in [0.15, 0.2) is 0 Å². The van der Waals surface area contributed by atoms with Gasteiger partial charge in [-0.1, -0.05) is 13.8 Å². The Bertz CT molecular complexity index is 137. The predicted octanol–water partition coefficient (Wildman–Crippen LogP) is 0.508. The number of hydrogen-bond donors (Lipinski definition) is 2. The normalized spacial score (nSPS) is 43.5. The lowest BCUT2D eigenvalue weighted by atomic mass is 9.91. The van der Waals surface area contributed by atoms with Crippen molar-refractivity contribution in [1.29, 1.82) is 0 Å². The molecule has 0 amide bonds. The Hall–Kier alpha value is -0.120. The van der Waals surface area contributed by atoms with E-state index in [1.165, 1.54) is 0 Å². The molecular weight excluding hydrogens is 154 g/mol. The van der Waals surface area contributed by atoms with Gasteiger partial charge < -0.3 is 15.6 Å². The molecule has 0 aromatic heterocycles. The van der Waals surface area contributed by atoms with E-state index in [4.69, 9.17) is 10.5 Å². The summed E-state index contributed by atoms with van der Waals surface area (Å²) in [5, 5.41) is 9.50. The molecule has 0 saturated carbocycles. The molecule has 0 aromatic carbocycles. The van der Waals surface area contributed by atoms with Crippen LogP contribution in [0.3, 0.4) is 0 Å². The molecule has 3 heteroatoms. The molecule has 1 rings (SSSR count). The van der Waals surface area contributed by atoms with Crippen molar-refractivity contribution in [3.05, 3.63) is 0 Å². The second kappa shape index (κ2) is 3.73. The summed E-state index contributed by atoms with van der Waals surface area (Å²) in [5.74, 6) is 0.478. The van der Waals surface area contributed by atoms with Gasteiger partial charge in [-0.25, -0.2) is 0 Å². The van der Waals surface area contributed by atoms with Gasteiger partial charge in [0.2, 0.25) is 0 Å². The van der Waals surface area contributed by atoms with Crippen LogP contribution in [0.5, 0.6) is 0 Å². The van der Waals surface area contributed by atoms with Crippen LogP contribution in [0.4, 0.5) is 0 Å². The standard InChI is InChI=1S/C9H19NO2/c1-5(2)8-4-7(10)9(11)6(3)12-8/h5-9,11H,4,10H2,1-3H3/t6-,7-,8+,9-/m0/s1. The van der Waals surface area contributed by atoms with Crippen LogP contribution in [0, 0.1) is 5.92 Å². The predicted molar refractivity (Wildman–Crippen MR) is 47.8 cm³/mol. The first-order valence-electron chi connectivity index (χ1n) is 4.61. The summed E-state index contributed by atoms with van der Waals surface area (Å²) in [7, 11) is 0. The van der Waals surface area contributed by atoms with E-state index in [0.717, 1.165) is 6.42 Å². The lowest BCUT2D eigenvalue weighted by molar-refractivity contribution is -0.131. The zero-order valence-corrected chi connectivity index (χ0v) is 8.03. The van der Waals surface area contributed by atoms with Gasteiger partial charge in [0.05, 0.1) is 18.3 Å². The summed E-state index contributed by atoms with van der Waals surface area (Å²) >= 11 is 0. The van der Waals surface area contributed by atoms with Crippen LogP contribution in [0.2, 0.25) is 0 Å². The topological polar surface area (TPSA) is 55.5 Å². The summed E-state index contributed by atoms with van der Waals surface area (Å²) in [5.41, 5.74) is 5.77. The van der Waals surface area contributed by atoms with Crippen LogP contribution in [0.15, 0.2) is 0 Å². The minimum atomic E-state index is -0.500. The van der Waals surface area contributed by atoms with E-state index in [1.54, 1.807) is 0 Å². The molecule has 3 nitrogen and oxygen atoms in total. The number of aliphatic hydroxyl groups excluding tert-OH is 1. The number of nitrogens with two attached hydrogens (primary N) is 1. The second-order valence-corrected chi connectivity index (χ2v) is 4.01. The first kappa shape index (κ1) is 9.96. The van der Waals surface area contributed by atoms with Gasteiger partial charge in [-0.05, 0) is 19.3 Å². The van der Waals surface area contributed by atoms with Crippen molar-refractivity contribution in [1.82, 2.24) is 0 Å². The van der Waals surface area contributed by atoms with Crippen LogP contribution < -0.4 is 5.73 Å². The van der Waals surface area contributed by atoms with E-state index in [0.29, 0.717) is 5.92 Å². The number of ether oxygens (including phenoxy) is 1. The Morgan fingerprint density at radius 2 is 2.08 bits per heavy atom. The minimum Gasteiger partial charge on any atom is -0.389 e. The SMILES string of the molecule is CC(C)[C@H]1C[C@H](N)[C@@H](O)[C@H](C)O1. The fourth-order valence-corrected chi connectivity index (χ4v) is 1.60. The Balaban J connectivity index is 2.53. The van der Waals surface area contributed by atoms with E-state index in [9.17, 15) is 5.11 Å². The largest absolute Gasteiger partial charge is 0.389 e. The second-order valence-electron chi connectivity index (χ2n) is 4.01. The molecule has 3 N–H and O–H groups in total. The van der Waals surface area contributed by atoms with E-state index >= 15 is 0 Å². The molecule has 0 bridgehead atoms. The van der Waals surface area contributed by atoms with Crippen molar-refractivity contribution in [2.45, 2.75) is 51.5 Å². The van der Waals surface area contributed by atoms with Gasteiger partial charge in [0.1, 0.15) is 0 Å². The van der Waals surface area contributed by atoms with Crippen LogP contribution in [0.25, 0.3) is 0 Å². The molecule has 0 aliphatic carbocycles. The summed E-state index contributed by atoms with van der Waals surface area (Å²) in [6, 6.07) is -0.124.